The number of hydrogen-bond donors (Lipinski definition) is 1. The highest BCUT2D eigenvalue weighted by molar-refractivity contribution is 4.92. The first kappa shape index (κ1) is 8.52. The van der Waals surface area contributed by atoms with Gasteiger partial charge in [-0.15, -0.1) is 0 Å². The summed E-state index contributed by atoms with van der Waals surface area (Å²) in [5.74, 6) is 0.744. The van der Waals surface area contributed by atoms with Crippen molar-refractivity contribution in [1.29, 1.82) is 0 Å². The maximum absolute atomic E-state index is 5.80. The van der Waals surface area contributed by atoms with Gasteiger partial charge in [0.25, 0.3) is 0 Å². The molecule has 70 valence electrons. The molecule has 1 aliphatic heterocycles. The third-order valence-electron chi connectivity index (χ3n) is 3.75. The lowest BCUT2D eigenvalue weighted by Crippen LogP contribution is -2.41. The largest absolute Gasteiger partial charge is 0.381 e. The first-order valence-electron chi connectivity index (χ1n) is 5.15. The fourth-order valence-corrected chi connectivity index (χ4v) is 2.92. The van der Waals surface area contributed by atoms with E-state index in [0.717, 1.165) is 25.7 Å². The van der Waals surface area contributed by atoms with E-state index in [1.165, 1.54) is 32.1 Å². The molecule has 2 aliphatic rings. The van der Waals surface area contributed by atoms with Gasteiger partial charge >= 0.3 is 0 Å². The molecule has 2 N–H and O–H groups in total. The second kappa shape index (κ2) is 3.35. The molecule has 1 heterocycles. The van der Waals surface area contributed by atoms with Crippen LogP contribution in [0.5, 0.6) is 0 Å². The van der Waals surface area contributed by atoms with Gasteiger partial charge in [0.2, 0.25) is 0 Å². The lowest BCUT2D eigenvalue weighted by atomic mass is 9.72. The lowest BCUT2D eigenvalue weighted by molar-refractivity contribution is -0.0453. The molecule has 2 nitrogen and oxygen atoms in total. The summed E-state index contributed by atoms with van der Waals surface area (Å²) in [5.41, 5.74) is 6.30. The molecule has 2 heteroatoms. The van der Waals surface area contributed by atoms with Gasteiger partial charge in [0.05, 0.1) is 6.61 Å². The van der Waals surface area contributed by atoms with Crippen LogP contribution in [0.2, 0.25) is 0 Å². The van der Waals surface area contributed by atoms with Crippen LogP contribution in [-0.2, 0) is 4.74 Å². The minimum atomic E-state index is 0.493. The van der Waals surface area contributed by atoms with Gasteiger partial charge in [0, 0.05) is 6.61 Å². The molecule has 0 bridgehead atoms. The maximum atomic E-state index is 5.80. The van der Waals surface area contributed by atoms with Crippen molar-refractivity contribution >= 4 is 0 Å². The van der Waals surface area contributed by atoms with Crippen LogP contribution in [0.1, 0.15) is 32.1 Å². The van der Waals surface area contributed by atoms with Crippen LogP contribution < -0.4 is 5.73 Å². The van der Waals surface area contributed by atoms with Gasteiger partial charge in [-0.05, 0) is 37.1 Å². The normalized spacial score (nSPS) is 34.2. The Hall–Kier alpha value is -0.0800. The molecule has 0 amide bonds. The molecule has 2 fully saturated rings. The zero-order valence-electron chi connectivity index (χ0n) is 7.72. The fourth-order valence-electron chi connectivity index (χ4n) is 2.92. The van der Waals surface area contributed by atoms with Crippen LogP contribution in [0, 0.1) is 11.3 Å². The van der Waals surface area contributed by atoms with Crippen LogP contribution in [0.15, 0.2) is 0 Å². The van der Waals surface area contributed by atoms with Crippen molar-refractivity contribution in [1.82, 2.24) is 0 Å². The molecule has 1 unspecified atom stereocenters. The molecule has 0 aromatic heterocycles. The van der Waals surface area contributed by atoms with Gasteiger partial charge in [0.1, 0.15) is 0 Å². The van der Waals surface area contributed by atoms with E-state index in [1.54, 1.807) is 0 Å². The number of nitrogens with two attached hydrogens (primary N) is 1. The molecule has 0 aromatic rings. The van der Waals surface area contributed by atoms with E-state index in [4.69, 9.17) is 10.5 Å². The smallest absolute Gasteiger partial charge is 0.0525 e. The monoisotopic (exact) mass is 169 g/mol. The quantitative estimate of drug-likeness (QED) is 0.646. The topological polar surface area (TPSA) is 35.2 Å². The van der Waals surface area contributed by atoms with E-state index in [0.29, 0.717) is 5.41 Å². The minimum Gasteiger partial charge on any atom is -0.381 e. The molecule has 1 aliphatic carbocycles. The Morgan fingerprint density at radius 2 is 2.08 bits per heavy atom. The zero-order valence-corrected chi connectivity index (χ0v) is 7.72. The van der Waals surface area contributed by atoms with Crippen molar-refractivity contribution in [3.05, 3.63) is 0 Å². The minimum absolute atomic E-state index is 0.493. The van der Waals surface area contributed by atoms with Crippen molar-refractivity contribution in [2.24, 2.45) is 17.1 Å². The van der Waals surface area contributed by atoms with Crippen LogP contribution in [0.3, 0.4) is 0 Å². The Labute approximate surface area is 74.5 Å². The van der Waals surface area contributed by atoms with Crippen molar-refractivity contribution in [3.8, 4) is 0 Å². The number of ether oxygens (including phenoxy) is 1. The zero-order chi connectivity index (χ0) is 8.44. The van der Waals surface area contributed by atoms with E-state index < -0.39 is 0 Å². The second-order valence-corrected chi connectivity index (χ2v) is 4.34. The SMILES string of the molecule is NCC1CCOCC12CCCC2. The maximum Gasteiger partial charge on any atom is 0.0525 e. The Balaban J connectivity index is 2.07. The predicted octanol–water partition coefficient (Wildman–Crippen LogP) is 1.54. The van der Waals surface area contributed by atoms with Crippen LogP contribution in [0.4, 0.5) is 0 Å². The van der Waals surface area contributed by atoms with Crippen molar-refractivity contribution in [2.45, 2.75) is 32.1 Å². The highest BCUT2D eigenvalue weighted by atomic mass is 16.5. The summed E-state index contributed by atoms with van der Waals surface area (Å²) in [6.07, 6.45) is 6.68. The molecule has 0 radical (unpaired) electrons. The molecule has 1 spiro atoms. The average Bonchev–Trinajstić information content (AvgIpc) is 2.55. The standard InChI is InChI=1S/C10H19NO/c11-7-9-3-6-12-8-10(9)4-1-2-5-10/h9H,1-8,11H2. The first-order valence-corrected chi connectivity index (χ1v) is 5.15. The highest BCUT2D eigenvalue weighted by Crippen LogP contribution is 2.47. The second-order valence-electron chi connectivity index (χ2n) is 4.34. The molecular weight excluding hydrogens is 150 g/mol. The van der Waals surface area contributed by atoms with Crippen molar-refractivity contribution in [3.63, 3.8) is 0 Å². The molecule has 2 rings (SSSR count). The Morgan fingerprint density at radius 1 is 1.33 bits per heavy atom. The van der Waals surface area contributed by atoms with E-state index in [9.17, 15) is 0 Å². The first-order chi connectivity index (χ1) is 5.87. The summed E-state index contributed by atoms with van der Waals surface area (Å²) < 4.78 is 5.58. The lowest BCUT2D eigenvalue weighted by Gasteiger charge is -2.40. The average molecular weight is 169 g/mol. The summed E-state index contributed by atoms with van der Waals surface area (Å²) in [5, 5.41) is 0. The van der Waals surface area contributed by atoms with Gasteiger partial charge in [-0.25, -0.2) is 0 Å². The van der Waals surface area contributed by atoms with Gasteiger partial charge in [-0.2, -0.15) is 0 Å². The van der Waals surface area contributed by atoms with Crippen LogP contribution in [-0.4, -0.2) is 19.8 Å². The number of rotatable bonds is 1. The van der Waals surface area contributed by atoms with Crippen LogP contribution >= 0.6 is 0 Å². The van der Waals surface area contributed by atoms with Crippen LogP contribution in [0.25, 0.3) is 0 Å². The fraction of sp³-hybridized carbons (Fsp3) is 1.00. The van der Waals surface area contributed by atoms with Crippen molar-refractivity contribution in [2.75, 3.05) is 19.8 Å². The predicted molar refractivity (Wildman–Crippen MR) is 48.9 cm³/mol. The molecule has 1 saturated heterocycles. The molecule has 1 saturated carbocycles. The molecular formula is C10H19NO. The summed E-state index contributed by atoms with van der Waals surface area (Å²) in [6, 6.07) is 0. The third kappa shape index (κ3) is 1.27. The van der Waals surface area contributed by atoms with E-state index in [2.05, 4.69) is 0 Å². The Kier molecular flexibility index (Phi) is 2.37. The molecule has 1 atom stereocenters. The van der Waals surface area contributed by atoms with E-state index in [-0.39, 0.29) is 0 Å². The summed E-state index contributed by atoms with van der Waals surface area (Å²) in [7, 11) is 0. The Bertz CT molecular complexity index is 152. The highest BCUT2D eigenvalue weighted by Gasteiger charge is 2.42. The number of hydrogen-bond acceptors (Lipinski definition) is 2. The summed E-state index contributed by atoms with van der Waals surface area (Å²) >= 11 is 0. The van der Waals surface area contributed by atoms with Crippen molar-refractivity contribution < 1.29 is 4.74 Å². The molecule has 0 aromatic carbocycles. The van der Waals surface area contributed by atoms with Gasteiger partial charge < -0.3 is 10.5 Å². The molecule has 12 heavy (non-hydrogen) atoms. The van der Waals surface area contributed by atoms with E-state index in [1.807, 2.05) is 0 Å². The van der Waals surface area contributed by atoms with E-state index >= 15 is 0 Å². The summed E-state index contributed by atoms with van der Waals surface area (Å²) in [6.45, 7) is 2.78. The van der Waals surface area contributed by atoms with Gasteiger partial charge in [0.15, 0.2) is 0 Å². The van der Waals surface area contributed by atoms with Gasteiger partial charge in [-0.1, -0.05) is 12.8 Å². The summed E-state index contributed by atoms with van der Waals surface area (Å²) in [4.78, 5) is 0. The third-order valence-corrected chi connectivity index (χ3v) is 3.75. The Morgan fingerprint density at radius 3 is 2.75 bits per heavy atom. The van der Waals surface area contributed by atoms with Gasteiger partial charge in [-0.3, -0.25) is 0 Å².